The molecule has 0 unspecified atom stereocenters. The number of rotatable bonds is 17. The van der Waals surface area contributed by atoms with E-state index in [1.165, 1.54) is 0 Å². The van der Waals surface area contributed by atoms with Crippen LogP contribution in [0.1, 0.15) is 49.7 Å². The minimum absolute atomic E-state index is 0. The number of aromatic hydroxyl groups is 2. The number of unbranched alkanes of at least 4 members (excludes halogenated alkanes) is 2. The van der Waals surface area contributed by atoms with Crippen LogP contribution in [0.3, 0.4) is 0 Å². The fraction of sp³-hybridized carbons (Fsp3) is 0.353. The van der Waals surface area contributed by atoms with Crippen LogP contribution in [-0.2, 0) is 22.7 Å². The van der Waals surface area contributed by atoms with Crippen LogP contribution in [0.2, 0.25) is 0 Å². The van der Waals surface area contributed by atoms with Crippen molar-refractivity contribution in [2.24, 2.45) is 0 Å². The summed E-state index contributed by atoms with van der Waals surface area (Å²) in [5.41, 5.74) is 9.53. The largest absolute Gasteiger partial charge is 1.00 e. The fourth-order valence-corrected chi connectivity index (χ4v) is 5.71. The highest BCUT2D eigenvalue weighted by Gasteiger charge is 2.24. The van der Waals surface area contributed by atoms with Gasteiger partial charge in [0.15, 0.2) is 0 Å². The molecule has 0 spiro atoms. The second-order valence-electron chi connectivity index (χ2n) is 11.2. The Kier molecular flexibility index (Phi) is 15.5. The monoisotopic (exact) mass is 674 g/mol. The summed E-state index contributed by atoms with van der Waals surface area (Å²) in [6.07, 6.45) is 4.00. The highest BCUT2D eigenvalue weighted by atomic mass is 35.5. The summed E-state index contributed by atoms with van der Waals surface area (Å²) in [5, 5.41) is 52.4. The predicted octanol–water partition coefficient (Wildman–Crippen LogP) is -3.01. The molecule has 0 saturated carbocycles. The van der Waals surface area contributed by atoms with E-state index in [4.69, 9.17) is 0 Å². The van der Waals surface area contributed by atoms with Gasteiger partial charge in [0.05, 0.1) is 13.1 Å². The van der Waals surface area contributed by atoms with Crippen molar-refractivity contribution in [2.45, 2.75) is 63.7 Å². The molecule has 0 saturated heterocycles. The number of quaternary nitrogens is 2. The van der Waals surface area contributed by atoms with Gasteiger partial charge in [0.25, 0.3) is 0 Å². The number of phenolic OH excluding ortho intramolecular Hbond substituents is 2. The molecular formula is C34H44Cl2N4O6. The summed E-state index contributed by atoms with van der Waals surface area (Å²) in [6.45, 7) is 1.69. The summed E-state index contributed by atoms with van der Waals surface area (Å²) in [6, 6.07) is 17.2. The maximum Gasteiger partial charge on any atom is 0.320 e. The Balaban J connectivity index is 0.00000368. The molecule has 46 heavy (non-hydrogen) atoms. The Hall–Kier alpha value is -3.64. The molecule has 2 atom stereocenters. The highest BCUT2D eigenvalue weighted by molar-refractivity contribution is 6.10. The van der Waals surface area contributed by atoms with Gasteiger partial charge in [-0.3, -0.25) is 9.59 Å². The average Bonchev–Trinajstić information content (AvgIpc) is 3.01. The lowest BCUT2D eigenvalue weighted by atomic mass is 9.88. The number of carboxylic acid groups (broad SMARTS) is 2. The molecule has 12 heteroatoms. The minimum atomic E-state index is -0.954. The smallest absolute Gasteiger partial charge is 0.320 e. The van der Waals surface area contributed by atoms with Crippen LogP contribution in [0.5, 0.6) is 11.5 Å². The highest BCUT2D eigenvalue weighted by Crippen LogP contribution is 2.47. The van der Waals surface area contributed by atoms with Gasteiger partial charge in [-0.1, -0.05) is 48.5 Å². The number of carboxylic acids is 2. The molecule has 0 aliphatic carbocycles. The first-order chi connectivity index (χ1) is 21.3. The van der Waals surface area contributed by atoms with Crippen LogP contribution in [0, 0.1) is 0 Å². The first-order valence-corrected chi connectivity index (χ1v) is 15.2. The van der Waals surface area contributed by atoms with E-state index < -0.39 is 24.0 Å². The molecule has 0 bridgehead atoms. The van der Waals surface area contributed by atoms with E-state index in [-0.39, 0.29) is 49.4 Å². The van der Waals surface area contributed by atoms with Gasteiger partial charge in [-0.15, -0.1) is 0 Å². The number of carbonyl (C=O) groups is 2. The lowest BCUT2D eigenvalue weighted by Crippen LogP contribution is -3.00. The average molecular weight is 676 g/mol. The fourth-order valence-electron chi connectivity index (χ4n) is 5.71. The number of nitrogens with one attached hydrogen (secondary N) is 2. The second kappa shape index (κ2) is 18.5. The van der Waals surface area contributed by atoms with Crippen LogP contribution in [0.4, 0.5) is 0 Å². The van der Waals surface area contributed by atoms with E-state index in [2.05, 4.69) is 22.1 Å². The van der Waals surface area contributed by atoms with Gasteiger partial charge in [-0.25, -0.2) is 0 Å². The third kappa shape index (κ3) is 9.22. The number of halogens is 2. The van der Waals surface area contributed by atoms with Crippen molar-refractivity contribution < 1.29 is 66.3 Å². The van der Waals surface area contributed by atoms with Crippen LogP contribution in [-0.4, -0.2) is 57.5 Å². The third-order valence-corrected chi connectivity index (χ3v) is 8.11. The maximum absolute atomic E-state index is 11.9. The number of hydrogen-bond donors (Lipinski definition) is 8. The van der Waals surface area contributed by atoms with E-state index in [0.717, 1.165) is 60.3 Å². The van der Waals surface area contributed by atoms with Crippen molar-refractivity contribution in [2.75, 3.05) is 13.1 Å². The molecule has 0 amide bonds. The van der Waals surface area contributed by atoms with E-state index in [9.17, 15) is 30.0 Å². The molecule has 250 valence electrons. The Bertz CT molecular complexity index is 1500. The summed E-state index contributed by atoms with van der Waals surface area (Å²) >= 11 is 0. The van der Waals surface area contributed by atoms with Crippen LogP contribution in [0.25, 0.3) is 32.7 Å². The van der Waals surface area contributed by atoms with Gasteiger partial charge in [-0.2, -0.15) is 0 Å². The first-order valence-electron chi connectivity index (χ1n) is 15.2. The van der Waals surface area contributed by atoms with Crippen LogP contribution in [0.15, 0.2) is 60.7 Å². The maximum atomic E-state index is 11.9. The standard InChI is InChI=1S/C34H42N4O6.2ClH/c35-15-7-5-13-27(33(41)42)37-19-23-17-21-9-1-3-11-25(21)29(31(23)39)30-26-12-4-2-10-22(26)18-24(32(30)40)20-38-28(34(43)44)14-6-8-16-36;;/h1-4,9-12,17-18,27-28,37-40H,5-8,13-16,19-20,35-36H2,(H,41,42)(H,43,44);2*1H/t27-,28-;;/m0../s1. The predicted molar refractivity (Wildman–Crippen MR) is 170 cm³/mol. The zero-order valence-corrected chi connectivity index (χ0v) is 27.3. The van der Waals surface area contributed by atoms with Crippen molar-refractivity contribution in [1.82, 2.24) is 10.6 Å². The summed E-state index contributed by atoms with van der Waals surface area (Å²) in [5.74, 6) is -2.02. The van der Waals surface area contributed by atoms with E-state index >= 15 is 0 Å². The molecule has 0 fully saturated rings. The quantitative estimate of drug-likeness (QED) is 0.0543. The topological polar surface area (TPSA) is 194 Å². The van der Waals surface area contributed by atoms with Crippen molar-refractivity contribution in [3.63, 3.8) is 0 Å². The van der Waals surface area contributed by atoms with Gasteiger partial charge in [0.2, 0.25) is 0 Å². The van der Waals surface area contributed by atoms with Crippen molar-refractivity contribution in [3.05, 3.63) is 71.8 Å². The summed E-state index contributed by atoms with van der Waals surface area (Å²) in [7, 11) is 0. The van der Waals surface area contributed by atoms with Gasteiger partial charge in [0.1, 0.15) is 23.6 Å². The zero-order chi connectivity index (χ0) is 31.6. The van der Waals surface area contributed by atoms with Gasteiger partial charge >= 0.3 is 11.9 Å². The molecule has 4 aromatic carbocycles. The normalized spacial score (nSPS) is 12.3. The number of fused-ring (bicyclic) bond motifs is 2. The summed E-state index contributed by atoms with van der Waals surface area (Å²) in [4.78, 5) is 23.9. The molecule has 0 heterocycles. The number of benzene rings is 4. The van der Waals surface area contributed by atoms with E-state index in [1.54, 1.807) is 0 Å². The lowest BCUT2D eigenvalue weighted by Gasteiger charge is -2.21. The lowest BCUT2D eigenvalue weighted by molar-refractivity contribution is -0.369. The molecule has 12 N–H and O–H groups in total. The first kappa shape index (κ1) is 38.5. The Morgan fingerprint density at radius 1 is 0.630 bits per heavy atom. The van der Waals surface area contributed by atoms with Crippen LogP contribution >= 0.6 is 0 Å². The molecule has 0 aliphatic heterocycles. The molecule has 10 nitrogen and oxygen atoms in total. The van der Waals surface area contributed by atoms with Gasteiger partial charge in [0, 0.05) is 35.3 Å². The van der Waals surface area contributed by atoms with Crippen molar-refractivity contribution in [1.29, 1.82) is 0 Å². The number of phenols is 2. The van der Waals surface area contributed by atoms with Crippen molar-refractivity contribution in [3.8, 4) is 22.6 Å². The van der Waals surface area contributed by atoms with Gasteiger partial charge < -0.3 is 67.3 Å². The SMILES string of the molecule is [Cl-].[Cl-].[NH3+]CCCC[C@H](NCc1cc2ccccc2c(-c2c(O)c(CN[C@@H](CCCC[NH3+])C(=O)O)cc3ccccc23)c1O)C(=O)O. The Morgan fingerprint density at radius 3 is 1.35 bits per heavy atom. The molecule has 0 aliphatic rings. The minimum Gasteiger partial charge on any atom is -1.00 e. The molecule has 4 rings (SSSR count). The van der Waals surface area contributed by atoms with E-state index in [0.29, 0.717) is 35.1 Å². The number of hydrogen-bond acceptors (Lipinski definition) is 6. The number of aliphatic carboxylic acids is 2. The second-order valence-corrected chi connectivity index (χ2v) is 11.2. The molecular weight excluding hydrogens is 631 g/mol. The molecule has 4 aromatic rings. The summed E-state index contributed by atoms with van der Waals surface area (Å²) < 4.78 is 0. The van der Waals surface area contributed by atoms with Gasteiger partial charge in [-0.05, 0) is 72.2 Å². The van der Waals surface area contributed by atoms with Crippen LogP contribution < -0.4 is 46.9 Å². The zero-order valence-electron chi connectivity index (χ0n) is 25.8. The Labute approximate surface area is 281 Å². The molecule has 0 radical (unpaired) electrons. The van der Waals surface area contributed by atoms with E-state index in [1.807, 2.05) is 60.7 Å². The van der Waals surface area contributed by atoms with Crippen molar-refractivity contribution >= 4 is 33.5 Å². The third-order valence-electron chi connectivity index (χ3n) is 8.11. The molecule has 0 aromatic heterocycles. The Morgan fingerprint density at radius 2 is 1.00 bits per heavy atom.